The van der Waals surface area contributed by atoms with E-state index in [1.807, 2.05) is 0 Å². The van der Waals surface area contributed by atoms with Crippen LogP contribution in [0.5, 0.6) is 0 Å². The lowest BCUT2D eigenvalue weighted by molar-refractivity contribution is -0.144. The zero-order valence-electron chi connectivity index (χ0n) is 5.75. The van der Waals surface area contributed by atoms with Gasteiger partial charge in [-0.15, -0.1) is 0 Å². The van der Waals surface area contributed by atoms with E-state index in [1.165, 1.54) is 6.47 Å². The van der Waals surface area contributed by atoms with Crippen LogP contribution in [0.15, 0.2) is 0 Å². The monoisotopic (exact) mass is 145 g/mol. The van der Waals surface area contributed by atoms with Crippen molar-refractivity contribution in [2.75, 3.05) is 13.2 Å². The van der Waals surface area contributed by atoms with Gasteiger partial charge in [-0.1, -0.05) is 6.92 Å². The maximum absolute atomic E-state index is 10.4. The van der Waals surface area contributed by atoms with Crippen molar-refractivity contribution in [1.82, 2.24) is 0 Å². The van der Waals surface area contributed by atoms with Gasteiger partial charge in [-0.25, -0.2) is 4.79 Å². The summed E-state index contributed by atoms with van der Waals surface area (Å²) in [6.07, 6.45) is 0.338. The van der Waals surface area contributed by atoms with Crippen LogP contribution in [0.25, 0.3) is 0 Å². The van der Waals surface area contributed by atoms with Gasteiger partial charge in [0.2, 0.25) is 0 Å². The van der Waals surface area contributed by atoms with E-state index in [2.05, 4.69) is 9.47 Å². The Kier molecular flexibility index (Phi) is 5.42. The molecule has 0 heterocycles. The molecule has 57 valence electrons. The van der Waals surface area contributed by atoms with Gasteiger partial charge in [0.1, 0.15) is 13.2 Å². The second kappa shape index (κ2) is 6.07. The first-order valence-corrected chi connectivity index (χ1v) is 2.95. The molecule has 0 amide bonds. The Morgan fingerprint density at radius 3 is 2.70 bits per heavy atom. The minimum absolute atomic E-state index is 0.0786. The minimum Gasteiger partial charge on any atom is -0.462 e. The third kappa shape index (κ3) is 5.08. The van der Waals surface area contributed by atoms with Crippen molar-refractivity contribution in [3.8, 4) is 0 Å². The molecule has 0 bridgehead atoms. The highest BCUT2D eigenvalue weighted by Gasteiger charge is 1.96. The van der Waals surface area contributed by atoms with Gasteiger partial charge in [0.25, 0.3) is 0 Å². The van der Waals surface area contributed by atoms with E-state index >= 15 is 0 Å². The summed E-state index contributed by atoms with van der Waals surface area (Å²) in [5, 5.41) is 0. The number of carbonyl (C=O) groups is 1. The molecule has 0 aliphatic heterocycles. The maximum Gasteiger partial charge on any atom is 0.417 e. The van der Waals surface area contributed by atoms with E-state index in [0.29, 0.717) is 6.42 Å². The van der Waals surface area contributed by atoms with Crippen LogP contribution in [-0.4, -0.2) is 25.7 Å². The van der Waals surface area contributed by atoms with Crippen molar-refractivity contribution in [2.24, 2.45) is 0 Å². The summed E-state index contributed by atoms with van der Waals surface area (Å²) in [7, 11) is 0. The molecule has 0 atom stereocenters. The summed E-state index contributed by atoms with van der Waals surface area (Å²) in [4.78, 5) is 19.8. The summed E-state index contributed by atoms with van der Waals surface area (Å²) in [5.41, 5.74) is 0. The quantitative estimate of drug-likeness (QED) is 0.404. The molecule has 0 unspecified atom stereocenters. The van der Waals surface area contributed by atoms with Crippen molar-refractivity contribution in [3.05, 3.63) is 0 Å². The highest BCUT2D eigenvalue weighted by atomic mass is 16.6. The molecule has 0 aliphatic rings. The van der Waals surface area contributed by atoms with Crippen LogP contribution >= 0.6 is 0 Å². The zero-order chi connectivity index (χ0) is 7.82. The molecule has 0 aromatic heterocycles. The van der Waals surface area contributed by atoms with Crippen molar-refractivity contribution in [3.63, 3.8) is 0 Å². The van der Waals surface area contributed by atoms with Crippen LogP contribution in [0.3, 0.4) is 0 Å². The van der Waals surface area contributed by atoms with Crippen LogP contribution in [0.1, 0.15) is 13.3 Å². The summed E-state index contributed by atoms with van der Waals surface area (Å²) in [6.45, 7) is 3.10. The fourth-order valence-corrected chi connectivity index (χ4v) is 0.341. The Balaban J connectivity index is 3.03. The highest BCUT2D eigenvalue weighted by Crippen LogP contribution is 1.83. The second-order valence-electron chi connectivity index (χ2n) is 1.51. The van der Waals surface area contributed by atoms with Gasteiger partial charge < -0.3 is 9.47 Å². The largest absolute Gasteiger partial charge is 0.462 e. The number of rotatable bonds is 5. The van der Waals surface area contributed by atoms with Crippen LogP contribution in [-0.2, 0) is 19.1 Å². The maximum atomic E-state index is 10.4. The average Bonchev–Trinajstić information content (AvgIpc) is 1.98. The number of ether oxygens (including phenoxy) is 2. The van der Waals surface area contributed by atoms with E-state index in [0.717, 1.165) is 0 Å². The van der Waals surface area contributed by atoms with Gasteiger partial charge in [-0.2, -0.15) is 0 Å². The van der Waals surface area contributed by atoms with Gasteiger partial charge in [-0.05, 0) is 0 Å². The molecule has 0 aromatic rings. The van der Waals surface area contributed by atoms with Gasteiger partial charge in [0, 0.05) is 6.42 Å². The van der Waals surface area contributed by atoms with Crippen LogP contribution in [0, 0.1) is 0 Å². The first-order chi connectivity index (χ1) is 4.81. The first kappa shape index (κ1) is 8.94. The fraction of sp³-hybridized carbons (Fsp3) is 0.667. The van der Waals surface area contributed by atoms with Crippen molar-refractivity contribution in [1.29, 1.82) is 0 Å². The van der Waals surface area contributed by atoms with E-state index in [1.54, 1.807) is 6.92 Å². The van der Waals surface area contributed by atoms with Gasteiger partial charge in [0.05, 0.1) is 0 Å². The lowest BCUT2D eigenvalue weighted by Gasteiger charge is -1.99. The van der Waals surface area contributed by atoms with Gasteiger partial charge in [-0.3, -0.25) is 4.79 Å². The molecule has 10 heavy (non-hydrogen) atoms. The van der Waals surface area contributed by atoms with Gasteiger partial charge >= 0.3 is 12.4 Å². The summed E-state index contributed by atoms with van der Waals surface area (Å²) >= 11 is 0. The predicted octanol–water partition coefficient (Wildman–Crippen LogP) is 0.0234. The van der Waals surface area contributed by atoms with Crippen LogP contribution in [0.2, 0.25) is 0 Å². The molecular formula is C6H9O4. The van der Waals surface area contributed by atoms with E-state index in [-0.39, 0.29) is 19.2 Å². The third-order valence-corrected chi connectivity index (χ3v) is 0.796. The van der Waals surface area contributed by atoms with Crippen LogP contribution in [0.4, 0.5) is 0 Å². The Hall–Kier alpha value is -1.06. The topological polar surface area (TPSA) is 52.6 Å². The van der Waals surface area contributed by atoms with E-state index in [9.17, 15) is 9.59 Å². The molecule has 0 N–H and O–H groups in total. The molecular weight excluding hydrogens is 136 g/mol. The predicted molar refractivity (Wildman–Crippen MR) is 32.9 cm³/mol. The second-order valence-corrected chi connectivity index (χ2v) is 1.51. The first-order valence-electron chi connectivity index (χ1n) is 2.95. The normalized spacial score (nSPS) is 8.50. The summed E-state index contributed by atoms with van der Waals surface area (Å²) in [5.74, 6) is -0.297. The Labute approximate surface area is 59.1 Å². The number of esters is 1. The van der Waals surface area contributed by atoms with Crippen molar-refractivity contribution >= 4 is 12.4 Å². The van der Waals surface area contributed by atoms with Crippen molar-refractivity contribution in [2.45, 2.75) is 13.3 Å². The smallest absolute Gasteiger partial charge is 0.417 e. The molecule has 4 heteroatoms. The Bertz CT molecular complexity index is 110. The van der Waals surface area contributed by atoms with Gasteiger partial charge in [0.15, 0.2) is 0 Å². The molecule has 4 nitrogen and oxygen atoms in total. The molecule has 0 saturated carbocycles. The molecule has 0 fully saturated rings. The molecule has 0 aliphatic carbocycles. The zero-order valence-corrected chi connectivity index (χ0v) is 5.75. The number of hydrogen-bond donors (Lipinski definition) is 0. The molecule has 0 rings (SSSR count). The SMILES string of the molecule is CCC(=O)OCCO[C]=O. The third-order valence-electron chi connectivity index (χ3n) is 0.796. The van der Waals surface area contributed by atoms with Crippen LogP contribution < -0.4 is 0 Å². The number of hydrogen-bond acceptors (Lipinski definition) is 4. The Morgan fingerprint density at radius 1 is 1.50 bits per heavy atom. The molecule has 1 radical (unpaired) electrons. The highest BCUT2D eigenvalue weighted by molar-refractivity contribution is 5.68. The van der Waals surface area contributed by atoms with Crippen molar-refractivity contribution < 1.29 is 19.1 Å². The molecule has 0 aromatic carbocycles. The lowest BCUT2D eigenvalue weighted by Crippen LogP contribution is -2.08. The molecule has 0 saturated heterocycles. The summed E-state index contributed by atoms with van der Waals surface area (Å²) in [6, 6.07) is 0. The van der Waals surface area contributed by atoms with E-state index in [4.69, 9.17) is 0 Å². The summed E-state index contributed by atoms with van der Waals surface area (Å²) < 4.78 is 8.70. The average molecular weight is 145 g/mol. The standard InChI is InChI=1S/C6H9O4/c1-2-6(8)10-4-3-9-5-7/h2-4H2,1H3. The minimum atomic E-state index is -0.297. The lowest BCUT2D eigenvalue weighted by atomic mass is 10.5. The Morgan fingerprint density at radius 2 is 2.20 bits per heavy atom. The fourth-order valence-electron chi connectivity index (χ4n) is 0.341. The number of carbonyl (C=O) groups excluding carboxylic acids is 2. The van der Waals surface area contributed by atoms with E-state index < -0.39 is 0 Å². The molecule has 0 spiro atoms.